The third-order valence-corrected chi connectivity index (χ3v) is 3.49. The third kappa shape index (κ3) is 2.90. The molecule has 0 atom stereocenters. The van der Waals surface area contributed by atoms with Gasteiger partial charge in [0.15, 0.2) is 5.16 Å². The summed E-state index contributed by atoms with van der Waals surface area (Å²) in [6.07, 6.45) is 3.70. The van der Waals surface area contributed by atoms with Gasteiger partial charge in [0, 0.05) is 24.7 Å². The van der Waals surface area contributed by atoms with E-state index in [1.807, 2.05) is 43.6 Å². The molecule has 0 aliphatic heterocycles. The summed E-state index contributed by atoms with van der Waals surface area (Å²) in [5.74, 6) is 1.96. The highest BCUT2D eigenvalue weighted by molar-refractivity contribution is 7.98. The minimum absolute atomic E-state index is 0.509. The average Bonchev–Trinajstić information content (AvgIpc) is 2.55. The highest BCUT2D eigenvalue weighted by atomic mass is 32.2. The van der Waals surface area contributed by atoms with Crippen molar-refractivity contribution in [3.63, 3.8) is 0 Å². The normalized spacial score (nSPS) is 10.6. The molecular weight excluding hydrogens is 284 g/mol. The third-order valence-electron chi connectivity index (χ3n) is 2.94. The number of benzene rings is 1. The van der Waals surface area contributed by atoms with Gasteiger partial charge in [-0.2, -0.15) is 4.98 Å². The predicted molar refractivity (Wildman–Crippen MR) is 85.2 cm³/mol. The number of nitrogens with zero attached hydrogens (tertiary/aromatic N) is 3. The maximum absolute atomic E-state index is 5.93. The number of fused-ring (bicyclic) bond motifs is 1. The highest BCUT2D eigenvalue weighted by Crippen LogP contribution is 2.29. The van der Waals surface area contributed by atoms with Crippen molar-refractivity contribution in [3.05, 3.63) is 42.6 Å². The van der Waals surface area contributed by atoms with Crippen molar-refractivity contribution in [2.24, 2.45) is 0 Å². The second-order valence-corrected chi connectivity index (χ2v) is 5.03. The Labute approximate surface area is 126 Å². The van der Waals surface area contributed by atoms with E-state index >= 15 is 0 Å². The summed E-state index contributed by atoms with van der Waals surface area (Å²) in [7, 11) is 1.82. The van der Waals surface area contributed by atoms with Crippen LogP contribution in [0.25, 0.3) is 10.9 Å². The molecule has 0 saturated carbocycles. The number of hydrogen-bond acceptors (Lipinski definition) is 6. The maximum atomic E-state index is 5.93. The molecule has 0 fully saturated rings. The van der Waals surface area contributed by atoms with Crippen molar-refractivity contribution in [2.45, 2.75) is 5.16 Å². The number of nitrogens with one attached hydrogen (secondary N) is 1. The molecule has 3 rings (SSSR count). The summed E-state index contributed by atoms with van der Waals surface area (Å²) in [5, 5.41) is 4.62. The lowest BCUT2D eigenvalue weighted by molar-refractivity contribution is 0.461. The van der Waals surface area contributed by atoms with Crippen LogP contribution in [0, 0.1) is 0 Å². The molecule has 1 aromatic carbocycles. The maximum Gasteiger partial charge on any atom is 0.225 e. The molecule has 0 bridgehead atoms. The Morgan fingerprint density at radius 2 is 2.05 bits per heavy atom. The summed E-state index contributed by atoms with van der Waals surface area (Å²) in [4.78, 5) is 13.0. The number of anilines is 1. The van der Waals surface area contributed by atoms with Gasteiger partial charge in [0.25, 0.3) is 0 Å². The number of thioether (sulfide) groups is 1. The van der Waals surface area contributed by atoms with Crippen LogP contribution in [0.4, 0.5) is 5.82 Å². The lowest BCUT2D eigenvalue weighted by atomic mass is 10.2. The van der Waals surface area contributed by atoms with E-state index in [1.165, 1.54) is 11.8 Å². The molecule has 1 N–H and O–H groups in total. The quantitative estimate of drug-likeness (QED) is 0.587. The minimum atomic E-state index is 0.509. The Balaban J connectivity index is 2.02. The zero-order valence-electron chi connectivity index (χ0n) is 11.7. The van der Waals surface area contributed by atoms with Gasteiger partial charge in [-0.15, -0.1) is 0 Å². The van der Waals surface area contributed by atoms with E-state index in [0.29, 0.717) is 11.0 Å². The first-order chi connectivity index (χ1) is 10.3. The van der Waals surface area contributed by atoms with E-state index in [9.17, 15) is 0 Å². The van der Waals surface area contributed by atoms with E-state index < -0.39 is 0 Å². The molecule has 0 radical (unpaired) electrons. The average molecular weight is 298 g/mol. The fourth-order valence-electron chi connectivity index (χ4n) is 1.95. The molecule has 0 saturated heterocycles. The standard InChI is InChI=1S/C15H14N4OS/c1-16-13-9-14(19-15(18-13)21-2)20-12-7-3-6-11-10(12)5-4-8-17-11/h3-9H,1-2H3,(H,16,18,19). The second kappa shape index (κ2) is 5.97. The van der Waals surface area contributed by atoms with Crippen molar-refractivity contribution in [3.8, 4) is 11.6 Å². The Kier molecular flexibility index (Phi) is 3.87. The smallest absolute Gasteiger partial charge is 0.225 e. The number of aromatic nitrogens is 3. The van der Waals surface area contributed by atoms with Crippen molar-refractivity contribution < 1.29 is 4.74 Å². The van der Waals surface area contributed by atoms with E-state index in [2.05, 4.69) is 20.3 Å². The Morgan fingerprint density at radius 1 is 1.14 bits per heavy atom. The van der Waals surface area contributed by atoms with Crippen LogP contribution < -0.4 is 10.1 Å². The van der Waals surface area contributed by atoms with Gasteiger partial charge >= 0.3 is 0 Å². The SMILES string of the molecule is CNc1cc(Oc2cccc3ncccc23)nc(SC)n1. The van der Waals surface area contributed by atoms with Crippen LogP contribution in [0.1, 0.15) is 0 Å². The molecule has 2 heterocycles. The van der Waals surface area contributed by atoms with Gasteiger partial charge in [0.2, 0.25) is 5.88 Å². The number of pyridine rings is 1. The fraction of sp³-hybridized carbons (Fsp3) is 0.133. The fourth-order valence-corrected chi connectivity index (χ4v) is 2.32. The van der Waals surface area contributed by atoms with Crippen molar-refractivity contribution in [1.29, 1.82) is 0 Å². The largest absolute Gasteiger partial charge is 0.438 e. The van der Waals surface area contributed by atoms with Crippen molar-refractivity contribution in [1.82, 2.24) is 15.0 Å². The van der Waals surface area contributed by atoms with Crippen LogP contribution in [0.5, 0.6) is 11.6 Å². The van der Waals surface area contributed by atoms with Crippen LogP contribution in [-0.2, 0) is 0 Å². The van der Waals surface area contributed by atoms with Crippen LogP contribution in [0.3, 0.4) is 0 Å². The molecule has 0 aliphatic rings. The van der Waals surface area contributed by atoms with E-state index in [1.54, 1.807) is 12.3 Å². The monoisotopic (exact) mass is 298 g/mol. The first-order valence-corrected chi connectivity index (χ1v) is 7.65. The first-order valence-electron chi connectivity index (χ1n) is 6.42. The minimum Gasteiger partial charge on any atom is -0.438 e. The lowest BCUT2D eigenvalue weighted by Gasteiger charge is -2.09. The van der Waals surface area contributed by atoms with Crippen LogP contribution in [0.2, 0.25) is 0 Å². The Morgan fingerprint density at radius 3 is 2.86 bits per heavy atom. The summed E-state index contributed by atoms with van der Waals surface area (Å²) in [5.41, 5.74) is 0.892. The van der Waals surface area contributed by atoms with E-state index in [4.69, 9.17) is 4.74 Å². The molecular formula is C15H14N4OS. The number of rotatable bonds is 4. The van der Waals surface area contributed by atoms with Crippen LogP contribution in [0.15, 0.2) is 47.8 Å². The molecule has 0 aliphatic carbocycles. The van der Waals surface area contributed by atoms with Gasteiger partial charge in [-0.3, -0.25) is 4.98 Å². The molecule has 2 aromatic heterocycles. The van der Waals surface area contributed by atoms with Crippen molar-refractivity contribution >= 4 is 28.5 Å². The van der Waals surface area contributed by atoms with E-state index in [-0.39, 0.29) is 0 Å². The first kappa shape index (κ1) is 13.6. The molecule has 106 valence electrons. The van der Waals surface area contributed by atoms with Gasteiger partial charge < -0.3 is 10.1 Å². The molecule has 6 heteroatoms. The zero-order chi connectivity index (χ0) is 14.7. The second-order valence-electron chi connectivity index (χ2n) is 4.26. The zero-order valence-corrected chi connectivity index (χ0v) is 12.5. The summed E-state index contributed by atoms with van der Waals surface area (Å²) in [6, 6.07) is 11.4. The predicted octanol–water partition coefficient (Wildman–Crippen LogP) is 3.58. The lowest BCUT2D eigenvalue weighted by Crippen LogP contribution is -1.98. The van der Waals surface area contributed by atoms with Gasteiger partial charge in [-0.25, -0.2) is 4.98 Å². The molecule has 0 amide bonds. The summed E-state index contributed by atoms with van der Waals surface area (Å²) >= 11 is 1.47. The molecule has 3 aromatic rings. The van der Waals surface area contributed by atoms with Gasteiger partial charge in [-0.05, 0) is 30.5 Å². The number of ether oxygens (including phenoxy) is 1. The van der Waals surface area contributed by atoms with Gasteiger partial charge in [0.05, 0.1) is 5.52 Å². The Hall–Kier alpha value is -2.34. The van der Waals surface area contributed by atoms with Crippen LogP contribution >= 0.6 is 11.8 Å². The van der Waals surface area contributed by atoms with E-state index in [0.717, 1.165) is 22.5 Å². The molecule has 0 spiro atoms. The van der Waals surface area contributed by atoms with Gasteiger partial charge in [0.1, 0.15) is 11.6 Å². The number of hydrogen-bond donors (Lipinski definition) is 1. The molecule has 21 heavy (non-hydrogen) atoms. The Bertz CT molecular complexity index is 751. The molecule has 5 nitrogen and oxygen atoms in total. The van der Waals surface area contributed by atoms with Gasteiger partial charge in [-0.1, -0.05) is 17.8 Å². The summed E-state index contributed by atoms with van der Waals surface area (Å²) in [6.45, 7) is 0. The van der Waals surface area contributed by atoms with Crippen LogP contribution in [-0.4, -0.2) is 28.3 Å². The van der Waals surface area contributed by atoms with Crippen molar-refractivity contribution in [2.75, 3.05) is 18.6 Å². The molecule has 0 unspecified atom stereocenters. The highest BCUT2D eigenvalue weighted by Gasteiger charge is 2.08. The summed E-state index contributed by atoms with van der Waals surface area (Å²) < 4.78 is 5.93. The topological polar surface area (TPSA) is 59.9 Å².